The molecule has 1 aromatic carbocycles. The van der Waals surface area contributed by atoms with Gasteiger partial charge in [0.15, 0.2) is 0 Å². The summed E-state index contributed by atoms with van der Waals surface area (Å²) >= 11 is 9.95. The third-order valence-electron chi connectivity index (χ3n) is 4.39. The van der Waals surface area contributed by atoms with E-state index in [0.29, 0.717) is 12.0 Å². The maximum Gasteiger partial charge on any atom is 0.127 e. The van der Waals surface area contributed by atoms with Crippen molar-refractivity contribution >= 4 is 38.6 Å². The molecule has 1 aliphatic heterocycles. The lowest BCUT2D eigenvalue weighted by atomic mass is 9.92. The molecule has 0 aliphatic carbocycles. The third-order valence-corrected chi connectivity index (χ3v) is 5.08. The lowest BCUT2D eigenvalue weighted by Gasteiger charge is -2.30. The fourth-order valence-corrected chi connectivity index (χ4v) is 3.71. The van der Waals surface area contributed by atoms with E-state index in [2.05, 4.69) is 39.6 Å². The Hall–Kier alpha value is -0.580. The summed E-state index contributed by atoms with van der Waals surface area (Å²) in [5.41, 5.74) is 2.17. The van der Waals surface area contributed by atoms with Crippen LogP contribution in [0.15, 0.2) is 22.7 Å². The van der Waals surface area contributed by atoms with E-state index >= 15 is 0 Å². The fourth-order valence-electron chi connectivity index (χ4n) is 3.20. The van der Waals surface area contributed by atoms with E-state index in [9.17, 15) is 0 Å². The molecule has 1 fully saturated rings. The van der Waals surface area contributed by atoms with Gasteiger partial charge in [0.25, 0.3) is 0 Å². The average Bonchev–Trinajstić information content (AvgIpc) is 2.86. The van der Waals surface area contributed by atoms with Crippen LogP contribution in [0.2, 0.25) is 0 Å². The SMILES string of the molecule is CC(Cl)c1nc2ccc(Br)cc2n1C(C)C1CCOCC1. The van der Waals surface area contributed by atoms with Crippen LogP contribution in [0, 0.1) is 5.92 Å². The molecule has 0 bridgehead atoms. The Labute approximate surface area is 138 Å². The summed E-state index contributed by atoms with van der Waals surface area (Å²) in [7, 11) is 0. The van der Waals surface area contributed by atoms with Gasteiger partial charge < -0.3 is 9.30 Å². The molecule has 21 heavy (non-hydrogen) atoms. The molecule has 2 unspecified atom stereocenters. The lowest BCUT2D eigenvalue weighted by Crippen LogP contribution is -2.25. The van der Waals surface area contributed by atoms with Crippen molar-refractivity contribution in [3.8, 4) is 0 Å². The van der Waals surface area contributed by atoms with Gasteiger partial charge in [0.1, 0.15) is 5.82 Å². The average molecular weight is 372 g/mol. The first-order valence-electron chi connectivity index (χ1n) is 7.47. The van der Waals surface area contributed by atoms with E-state index in [1.54, 1.807) is 0 Å². The molecule has 3 rings (SSSR count). The van der Waals surface area contributed by atoms with E-state index in [0.717, 1.165) is 47.4 Å². The van der Waals surface area contributed by atoms with E-state index in [4.69, 9.17) is 21.3 Å². The minimum atomic E-state index is -0.0986. The van der Waals surface area contributed by atoms with Crippen molar-refractivity contribution in [2.75, 3.05) is 13.2 Å². The smallest absolute Gasteiger partial charge is 0.127 e. The molecule has 0 amide bonds. The van der Waals surface area contributed by atoms with Crippen LogP contribution in [-0.2, 0) is 4.74 Å². The molecule has 0 spiro atoms. The van der Waals surface area contributed by atoms with Crippen LogP contribution in [0.25, 0.3) is 11.0 Å². The Morgan fingerprint density at radius 3 is 2.71 bits per heavy atom. The molecule has 2 aromatic rings. The van der Waals surface area contributed by atoms with E-state index < -0.39 is 0 Å². The number of imidazole rings is 1. The van der Waals surface area contributed by atoms with Gasteiger partial charge in [0.2, 0.25) is 0 Å². The van der Waals surface area contributed by atoms with Gasteiger partial charge in [-0.2, -0.15) is 0 Å². The van der Waals surface area contributed by atoms with Crippen molar-refractivity contribution in [3.05, 3.63) is 28.5 Å². The highest BCUT2D eigenvalue weighted by atomic mass is 79.9. The van der Waals surface area contributed by atoms with Crippen LogP contribution >= 0.6 is 27.5 Å². The summed E-state index contributed by atoms with van der Waals surface area (Å²) < 4.78 is 8.89. The monoisotopic (exact) mass is 370 g/mol. The Balaban J connectivity index is 2.09. The van der Waals surface area contributed by atoms with Crippen LogP contribution in [0.3, 0.4) is 0 Å². The number of aromatic nitrogens is 2. The Morgan fingerprint density at radius 2 is 2.05 bits per heavy atom. The molecule has 0 saturated carbocycles. The number of benzene rings is 1. The summed E-state index contributed by atoms with van der Waals surface area (Å²) in [5.74, 6) is 1.58. The molecule has 114 valence electrons. The minimum absolute atomic E-state index is 0.0986. The molecule has 5 heteroatoms. The van der Waals surface area contributed by atoms with Gasteiger partial charge in [-0.15, -0.1) is 11.6 Å². The van der Waals surface area contributed by atoms with Gasteiger partial charge in [0.05, 0.1) is 16.4 Å². The van der Waals surface area contributed by atoms with Crippen molar-refractivity contribution in [2.45, 2.75) is 38.1 Å². The second-order valence-corrected chi connectivity index (χ2v) is 7.35. The predicted molar refractivity (Wildman–Crippen MR) is 90.0 cm³/mol. The van der Waals surface area contributed by atoms with Crippen LogP contribution in [-0.4, -0.2) is 22.8 Å². The Kier molecular flexibility index (Phi) is 4.57. The van der Waals surface area contributed by atoms with Crippen molar-refractivity contribution in [2.24, 2.45) is 5.92 Å². The second kappa shape index (κ2) is 6.27. The van der Waals surface area contributed by atoms with Crippen molar-refractivity contribution < 1.29 is 4.74 Å². The summed E-state index contributed by atoms with van der Waals surface area (Å²) in [6, 6.07) is 6.60. The minimum Gasteiger partial charge on any atom is -0.381 e. The summed E-state index contributed by atoms with van der Waals surface area (Å²) in [4.78, 5) is 4.75. The van der Waals surface area contributed by atoms with Gasteiger partial charge >= 0.3 is 0 Å². The van der Waals surface area contributed by atoms with Crippen LogP contribution < -0.4 is 0 Å². The molecule has 1 aromatic heterocycles. The zero-order valence-electron chi connectivity index (χ0n) is 12.4. The van der Waals surface area contributed by atoms with Crippen molar-refractivity contribution in [3.63, 3.8) is 0 Å². The molecule has 0 N–H and O–H groups in total. The zero-order valence-corrected chi connectivity index (χ0v) is 14.7. The van der Waals surface area contributed by atoms with E-state index in [1.165, 1.54) is 0 Å². The number of ether oxygens (including phenoxy) is 1. The van der Waals surface area contributed by atoms with E-state index in [1.807, 2.05) is 13.0 Å². The summed E-state index contributed by atoms with van der Waals surface area (Å²) in [6.07, 6.45) is 2.20. The Morgan fingerprint density at radius 1 is 1.33 bits per heavy atom. The standard InChI is InChI=1S/C16H20BrClN2O/c1-10(18)16-19-14-4-3-13(17)9-15(14)20(16)11(2)12-5-7-21-8-6-12/h3-4,9-12H,5-8H2,1-2H3. The van der Waals surface area contributed by atoms with Crippen molar-refractivity contribution in [1.82, 2.24) is 9.55 Å². The molecular formula is C16H20BrClN2O. The number of rotatable bonds is 3. The van der Waals surface area contributed by atoms with Crippen LogP contribution in [0.4, 0.5) is 0 Å². The quantitative estimate of drug-likeness (QED) is 0.703. The van der Waals surface area contributed by atoms with Crippen molar-refractivity contribution in [1.29, 1.82) is 0 Å². The maximum atomic E-state index is 6.38. The molecule has 1 saturated heterocycles. The highest BCUT2D eigenvalue weighted by molar-refractivity contribution is 9.10. The molecule has 2 heterocycles. The highest BCUT2D eigenvalue weighted by Crippen LogP contribution is 2.35. The molecule has 3 nitrogen and oxygen atoms in total. The number of nitrogens with zero attached hydrogens (tertiary/aromatic N) is 2. The first-order valence-corrected chi connectivity index (χ1v) is 8.70. The Bertz CT molecular complexity index is 634. The number of fused-ring (bicyclic) bond motifs is 1. The number of halogens is 2. The van der Waals surface area contributed by atoms with Gasteiger partial charge in [-0.05, 0) is 50.8 Å². The molecule has 1 aliphatic rings. The zero-order chi connectivity index (χ0) is 15.0. The normalized spacial score (nSPS) is 19.8. The topological polar surface area (TPSA) is 27.1 Å². The number of hydrogen-bond acceptors (Lipinski definition) is 2. The first kappa shape index (κ1) is 15.3. The van der Waals surface area contributed by atoms with Gasteiger partial charge in [0, 0.05) is 23.7 Å². The fraction of sp³-hybridized carbons (Fsp3) is 0.562. The molecule has 0 radical (unpaired) electrons. The van der Waals surface area contributed by atoms with Gasteiger partial charge in [-0.1, -0.05) is 15.9 Å². The first-order chi connectivity index (χ1) is 10.1. The third kappa shape index (κ3) is 2.99. The second-order valence-electron chi connectivity index (χ2n) is 5.78. The van der Waals surface area contributed by atoms with Gasteiger partial charge in [-0.3, -0.25) is 0 Å². The van der Waals surface area contributed by atoms with E-state index in [-0.39, 0.29) is 5.38 Å². The largest absolute Gasteiger partial charge is 0.381 e. The van der Waals surface area contributed by atoms with Crippen LogP contribution in [0.1, 0.15) is 43.9 Å². The molecular weight excluding hydrogens is 352 g/mol. The van der Waals surface area contributed by atoms with Crippen LogP contribution in [0.5, 0.6) is 0 Å². The molecule has 2 atom stereocenters. The summed E-state index contributed by atoms with van der Waals surface area (Å²) in [6.45, 7) is 5.99. The van der Waals surface area contributed by atoms with Gasteiger partial charge in [-0.25, -0.2) is 4.98 Å². The number of hydrogen-bond donors (Lipinski definition) is 0. The predicted octanol–water partition coefficient (Wildman–Crippen LogP) is 5.09. The lowest BCUT2D eigenvalue weighted by molar-refractivity contribution is 0.0515. The maximum absolute atomic E-state index is 6.38. The number of alkyl halides is 1. The summed E-state index contributed by atoms with van der Waals surface area (Å²) in [5, 5.41) is -0.0986. The highest BCUT2D eigenvalue weighted by Gasteiger charge is 2.26.